The van der Waals surface area contributed by atoms with Crippen LogP contribution in [-0.2, 0) is 11.3 Å². The number of Topliss-reactive ketones (excluding diaryl/α,β-unsaturated/α-hetero) is 1. The maximum absolute atomic E-state index is 13.1. The number of ketones is 1. The van der Waals surface area contributed by atoms with E-state index in [1.807, 2.05) is 28.8 Å². The number of aliphatic hydroxyl groups is 1. The fraction of sp³-hybridized carbons (Fsp3) is 0.316. The Morgan fingerprint density at radius 2 is 2.12 bits per heavy atom. The van der Waals surface area contributed by atoms with Gasteiger partial charge in [0.25, 0.3) is 0 Å². The highest BCUT2D eigenvalue weighted by Crippen LogP contribution is 2.26. The number of carbonyl (C=O) groups excluding carboxylic acids is 2. The van der Waals surface area contributed by atoms with Gasteiger partial charge in [-0.15, -0.1) is 0 Å². The number of rotatable bonds is 7. The molecule has 0 fully saturated rings. The first-order valence-corrected chi connectivity index (χ1v) is 8.51. The second kappa shape index (κ2) is 7.53. The van der Waals surface area contributed by atoms with Crippen molar-refractivity contribution < 1.29 is 14.7 Å². The topological polar surface area (TPSA) is 91.2 Å². The second-order valence-corrected chi connectivity index (χ2v) is 6.22. The number of carbonyl (C=O) groups is 2. The zero-order chi connectivity index (χ0) is 18.7. The van der Waals surface area contributed by atoms with Gasteiger partial charge in [-0.2, -0.15) is 0 Å². The number of benzene rings is 1. The molecule has 0 spiro atoms. The fourth-order valence-corrected chi connectivity index (χ4v) is 3.14. The molecule has 1 unspecified atom stereocenters. The molecule has 3 aromatic rings. The van der Waals surface area contributed by atoms with Crippen molar-refractivity contribution in [3.63, 3.8) is 0 Å². The third-order valence-electron chi connectivity index (χ3n) is 4.47. The number of H-pyrrole nitrogens is 1. The zero-order valence-corrected chi connectivity index (χ0v) is 14.8. The Balaban J connectivity index is 1.94. The molecule has 7 nitrogen and oxygen atoms in total. The lowest BCUT2D eigenvalue weighted by Crippen LogP contribution is -2.37. The van der Waals surface area contributed by atoms with Gasteiger partial charge in [0.2, 0.25) is 5.91 Å². The van der Waals surface area contributed by atoms with E-state index >= 15 is 0 Å². The molecule has 2 N–H and O–H groups in total. The molecule has 136 valence electrons. The van der Waals surface area contributed by atoms with E-state index in [0.29, 0.717) is 11.4 Å². The summed E-state index contributed by atoms with van der Waals surface area (Å²) in [4.78, 5) is 33.7. The third kappa shape index (κ3) is 3.39. The number of hydrogen-bond donors (Lipinski definition) is 2. The molecule has 0 saturated heterocycles. The highest BCUT2D eigenvalue weighted by molar-refractivity contribution is 6.07. The molecule has 1 aromatic carbocycles. The monoisotopic (exact) mass is 354 g/mol. The van der Waals surface area contributed by atoms with Crippen LogP contribution < -0.4 is 0 Å². The molecule has 0 aliphatic heterocycles. The molecule has 2 heterocycles. The van der Waals surface area contributed by atoms with Crippen LogP contribution in [-0.4, -0.2) is 49.4 Å². The molecular formula is C19H22N4O3. The van der Waals surface area contributed by atoms with Crippen LogP contribution in [0, 0.1) is 0 Å². The summed E-state index contributed by atoms with van der Waals surface area (Å²) < 4.78 is 1.82. The summed E-state index contributed by atoms with van der Waals surface area (Å²) in [6, 6.07) is 7.02. The Kier molecular flexibility index (Phi) is 5.18. The van der Waals surface area contributed by atoms with E-state index < -0.39 is 6.04 Å². The third-order valence-corrected chi connectivity index (χ3v) is 4.47. The van der Waals surface area contributed by atoms with E-state index in [1.165, 1.54) is 6.92 Å². The lowest BCUT2D eigenvalue weighted by molar-refractivity contribution is -0.135. The van der Waals surface area contributed by atoms with Crippen molar-refractivity contribution in [1.29, 1.82) is 0 Å². The zero-order valence-electron chi connectivity index (χ0n) is 14.8. The SMILES string of the molecule is CC(=O)c1cn(C(C)C(=O)N(CCO)Cc2ncc[nH]2)c2ccccc12. The van der Waals surface area contributed by atoms with E-state index in [0.717, 1.165) is 10.9 Å². The van der Waals surface area contributed by atoms with Gasteiger partial charge in [0.05, 0.1) is 13.2 Å². The van der Waals surface area contributed by atoms with Crippen LogP contribution in [0.2, 0.25) is 0 Å². The molecular weight excluding hydrogens is 332 g/mol. The number of nitrogens with one attached hydrogen (secondary N) is 1. The molecule has 3 rings (SSSR count). The minimum Gasteiger partial charge on any atom is -0.395 e. The number of fused-ring (bicyclic) bond motifs is 1. The molecule has 1 atom stereocenters. The number of hydrogen-bond acceptors (Lipinski definition) is 4. The predicted octanol–water partition coefficient (Wildman–Crippen LogP) is 2.15. The average molecular weight is 354 g/mol. The van der Waals surface area contributed by atoms with Crippen molar-refractivity contribution in [3.8, 4) is 0 Å². The van der Waals surface area contributed by atoms with Gasteiger partial charge in [-0.1, -0.05) is 18.2 Å². The average Bonchev–Trinajstić information content (AvgIpc) is 3.27. The Hall–Kier alpha value is -2.93. The highest BCUT2D eigenvalue weighted by atomic mass is 16.3. The summed E-state index contributed by atoms with van der Waals surface area (Å²) in [7, 11) is 0. The first-order valence-electron chi connectivity index (χ1n) is 8.51. The van der Waals surface area contributed by atoms with Gasteiger partial charge in [0.1, 0.15) is 11.9 Å². The number of aromatic amines is 1. The van der Waals surface area contributed by atoms with Crippen molar-refractivity contribution in [1.82, 2.24) is 19.4 Å². The molecule has 0 radical (unpaired) electrons. The van der Waals surface area contributed by atoms with Crippen LogP contribution in [0.4, 0.5) is 0 Å². The van der Waals surface area contributed by atoms with Gasteiger partial charge in [-0.3, -0.25) is 9.59 Å². The minimum absolute atomic E-state index is 0.0394. The van der Waals surface area contributed by atoms with Crippen molar-refractivity contribution in [2.24, 2.45) is 0 Å². The van der Waals surface area contributed by atoms with Gasteiger partial charge in [0, 0.05) is 41.6 Å². The summed E-state index contributed by atoms with van der Waals surface area (Å²) in [5.41, 5.74) is 1.43. The van der Waals surface area contributed by atoms with E-state index in [1.54, 1.807) is 30.4 Å². The normalized spacial score (nSPS) is 12.3. The molecule has 7 heteroatoms. The van der Waals surface area contributed by atoms with Gasteiger partial charge in [-0.05, 0) is 19.9 Å². The van der Waals surface area contributed by atoms with Crippen molar-refractivity contribution in [2.75, 3.05) is 13.2 Å². The molecule has 0 aliphatic carbocycles. The number of aliphatic hydroxyl groups excluding tert-OH is 1. The Labute approximate surface area is 151 Å². The van der Waals surface area contributed by atoms with E-state index in [9.17, 15) is 14.7 Å². The van der Waals surface area contributed by atoms with E-state index in [2.05, 4.69) is 9.97 Å². The van der Waals surface area contributed by atoms with Crippen LogP contribution in [0.15, 0.2) is 42.9 Å². The number of para-hydroxylation sites is 1. The smallest absolute Gasteiger partial charge is 0.245 e. The molecule has 0 aliphatic rings. The quantitative estimate of drug-likeness (QED) is 0.636. The van der Waals surface area contributed by atoms with Gasteiger partial charge in [0.15, 0.2) is 5.78 Å². The van der Waals surface area contributed by atoms with Crippen molar-refractivity contribution in [2.45, 2.75) is 26.4 Å². The van der Waals surface area contributed by atoms with Crippen LogP contribution in [0.25, 0.3) is 10.9 Å². The van der Waals surface area contributed by atoms with Crippen molar-refractivity contribution in [3.05, 3.63) is 54.2 Å². The first-order chi connectivity index (χ1) is 12.5. The minimum atomic E-state index is -0.519. The summed E-state index contributed by atoms with van der Waals surface area (Å²) in [5.74, 6) is 0.467. The number of amides is 1. The first kappa shape index (κ1) is 17.9. The number of aromatic nitrogens is 3. The summed E-state index contributed by atoms with van der Waals surface area (Å²) in [6.07, 6.45) is 5.05. The second-order valence-electron chi connectivity index (χ2n) is 6.22. The molecule has 1 amide bonds. The number of nitrogens with zero attached hydrogens (tertiary/aromatic N) is 3. The Morgan fingerprint density at radius 3 is 2.77 bits per heavy atom. The largest absolute Gasteiger partial charge is 0.395 e. The van der Waals surface area contributed by atoms with Gasteiger partial charge < -0.3 is 19.6 Å². The molecule has 0 bridgehead atoms. The lowest BCUT2D eigenvalue weighted by Gasteiger charge is -2.25. The standard InChI is InChI=1S/C19H22N4O3/c1-13(19(26)22(9-10-24)12-18-20-7-8-21-18)23-11-16(14(2)25)15-5-3-4-6-17(15)23/h3-8,11,13,24H,9-10,12H2,1-2H3,(H,20,21). The summed E-state index contributed by atoms with van der Waals surface area (Å²) >= 11 is 0. The molecule has 2 aromatic heterocycles. The Bertz CT molecular complexity index is 914. The maximum Gasteiger partial charge on any atom is 0.245 e. The summed E-state index contributed by atoms with van der Waals surface area (Å²) in [6.45, 7) is 3.68. The Morgan fingerprint density at radius 1 is 1.35 bits per heavy atom. The van der Waals surface area contributed by atoms with Gasteiger partial charge in [-0.25, -0.2) is 4.98 Å². The number of imidazole rings is 1. The van der Waals surface area contributed by atoms with Gasteiger partial charge >= 0.3 is 0 Å². The fourth-order valence-electron chi connectivity index (χ4n) is 3.14. The predicted molar refractivity (Wildman–Crippen MR) is 97.7 cm³/mol. The highest BCUT2D eigenvalue weighted by Gasteiger charge is 2.25. The lowest BCUT2D eigenvalue weighted by atomic mass is 10.1. The van der Waals surface area contributed by atoms with Crippen LogP contribution in [0.3, 0.4) is 0 Å². The van der Waals surface area contributed by atoms with Crippen LogP contribution >= 0.6 is 0 Å². The maximum atomic E-state index is 13.1. The van der Waals surface area contributed by atoms with E-state index in [4.69, 9.17) is 0 Å². The van der Waals surface area contributed by atoms with Crippen LogP contribution in [0.5, 0.6) is 0 Å². The van der Waals surface area contributed by atoms with Crippen molar-refractivity contribution >= 4 is 22.6 Å². The molecule has 0 saturated carbocycles. The summed E-state index contributed by atoms with van der Waals surface area (Å²) in [5, 5.41) is 10.2. The molecule has 26 heavy (non-hydrogen) atoms. The van der Waals surface area contributed by atoms with Crippen LogP contribution in [0.1, 0.15) is 36.1 Å². The van der Waals surface area contributed by atoms with E-state index in [-0.39, 0.29) is 31.4 Å².